The van der Waals surface area contributed by atoms with Gasteiger partial charge in [-0.2, -0.15) is 0 Å². The Morgan fingerprint density at radius 1 is 0.667 bits per heavy atom. The van der Waals surface area contributed by atoms with E-state index in [0.717, 1.165) is 0 Å². The Hall–Kier alpha value is 1.28. The van der Waals surface area contributed by atoms with Crippen LogP contribution in [0, 0.1) is 0 Å². The molecular formula is H8O6P2Pd. The zero-order valence-electron chi connectivity index (χ0n) is 4.00. The van der Waals surface area contributed by atoms with Gasteiger partial charge in [-0.15, -0.1) is 0 Å². The summed E-state index contributed by atoms with van der Waals surface area (Å²) in [6.45, 7) is 0. The summed E-state index contributed by atoms with van der Waals surface area (Å²) in [4.78, 5) is 49.1. The molecule has 9 heavy (non-hydrogen) atoms. The molecule has 0 fully saturated rings. The monoisotopic (exact) mass is 272 g/mol. The SMILES string of the molecule is O[PH](O)(O)[Pd][PH](O)(O)O. The molecule has 0 heterocycles. The van der Waals surface area contributed by atoms with Crippen LogP contribution in [0.25, 0.3) is 0 Å². The fourth-order valence-electron chi connectivity index (χ4n) is 0.142. The van der Waals surface area contributed by atoms with E-state index < -0.39 is 29.3 Å². The Morgan fingerprint density at radius 3 is 0.889 bits per heavy atom. The molecular weight excluding hydrogens is 264 g/mol. The van der Waals surface area contributed by atoms with Gasteiger partial charge >= 0.3 is 58.6 Å². The minimum absolute atomic E-state index is 1.53. The molecule has 0 rings (SSSR count). The molecule has 0 bridgehead atoms. The summed E-state index contributed by atoms with van der Waals surface area (Å²) in [5.41, 5.74) is 0. The third-order valence-electron chi connectivity index (χ3n) is 0.212. The van der Waals surface area contributed by atoms with Gasteiger partial charge < -0.3 is 0 Å². The summed E-state index contributed by atoms with van der Waals surface area (Å²) >= 11 is -1.53. The second kappa shape index (κ2) is 3.12. The molecule has 0 saturated heterocycles. The first-order valence-electron chi connectivity index (χ1n) is 1.66. The van der Waals surface area contributed by atoms with E-state index in [2.05, 4.69) is 0 Å². The molecule has 0 aliphatic heterocycles. The van der Waals surface area contributed by atoms with Gasteiger partial charge in [-0.3, -0.25) is 0 Å². The molecule has 0 aromatic rings. The van der Waals surface area contributed by atoms with Crippen LogP contribution >= 0.6 is 12.3 Å². The molecule has 0 atom stereocenters. The van der Waals surface area contributed by atoms with Crippen LogP contribution in [0.2, 0.25) is 0 Å². The van der Waals surface area contributed by atoms with Gasteiger partial charge in [0.2, 0.25) is 0 Å². The molecule has 0 amide bonds. The molecule has 0 aromatic heterocycles. The van der Waals surface area contributed by atoms with Crippen LogP contribution in [-0.4, -0.2) is 29.4 Å². The molecule has 0 radical (unpaired) electrons. The van der Waals surface area contributed by atoms with Crippen molar-refractivity contribution in [1.82, 2.24) is 0 Å². The number of hydrogen-bond acceptors (Lipinski definition) is 6. The van der Waals surface area contributed by atoms with Crippen LogP contribution in [-0.2, 0) is 17.0 Å². The van der Waals surface area contributed by atoms with E-state index in [1.807, 2.05) is 0 Å². The van der Waals surface area contributed by atoms with Gasteiger partial charge in [0.25, 0.3) is 0 Å². The maximum absolute atomic E-state index is 8.18. The second-order valence-electron chi connectivity index (χ2n) is 1.10. The van der Waals surface area contributed by atoms with Gasteiger partial charge in [0, 0.05) is 0 Å². The molecule has 0 aliphatic carbocycles. The molecule has 6 nitrogen and oxygen atoms in total. The molecule has 0 aliphatic rings. The molecule has 0 unspecified atom stereocenters. The Balaban J connectivity index is 3.75. The van der Waals surface area contributed by atoms with Crippen molar-refractivity contribution in [2.45, 2.75) is 0 Å². The standard InChI is InChI=1S/2H4O3P.Pd/c2*1-4(2)3;/h2*1-4H;/q2*+1;-2. The maximum atomic E-state index is 8.18. The van der Waals surface area contributed by atoms with E-state index in [9.17, 15) is 0 Å². The van der Waals surface area contributed by atoms with Crippen molar-refractivity contribution in [1.29, 1.82) is 0 Å². The van der Waals surface area contributed by atoms with Gasteiger partial charge in [0.1, 0.15) is 0 Å². The van der Waals surface area contributed by atoms with Crippen LogP contribution < -0.4 is 0 Å². The van der Waals surface area contributed by atoms with E-state index in [0.29, 0.717) is 0 Å². The van der Waals surface area contributed by atoms with E-state index in [1.54, 1.807) is 0 Å². The van der Waals surface area contributed by atoms with E-state index >= 15 is 0 Å². The van der Waals surface area contributed by atoms with Gasteiger partial charge in [-0.1, -0.05) is 0 Å². The van der Waals surface area contributed by atoms with Gasteiger partial charge in [0.05, 0.1) is 0 Å². The number of rotatable bonds is 2. The first-order valence-corrected chi connectivity index (χ1v) is 9.64. The zero-order chi connectivity index (χ0) is 7.71. The van der Waals surface area contributed by atoms with Crippen molar-refractivity contribution in [3.05, 3.63) is 0 Å². The normalized spacial score (nSPS) is 18.0. The third kappa shape index (κ3) is 9.28. The summed E-state index contributed by atoms with van der Waals surface area (Å²) in [7, 11) is 0. The Labute approximate surface area is 59.1 Å². The first-order chi connectivity index (χ1) is 3.71. The summed E-state index contributed by atoms with van der Waals surface area (Å²) in [6, 6.07) is 0. The first kappa shape index (κ1) is 10.3. The van der Waals surface area contributed by atoms with Crippen LogP contribution in [0.15, 0.2) is 0 Å². The van der Waals surface area contributed by atoms with Crippen LogP contribution in [0.1, 0.15) is 0 Å². The second-order valence-corrected chi connectivity index (χ2v) is 13.5. The molecule has 0 aromatic carbocycles. The summed E-state index contributed by atoms with van der Waals surface area (Å²) in [5.74, 6) is 0. The van der Waals surface area contributed by atoms with Gasteiger partial charge in [-0.05, 0) is 0 Å². The Morgan fingerprint density at radius 2 is 0.889 bits per heavy atom. The fourth-order valence-corrected chi connectivity index (χ4v) is 7.58. The molecule has 64 valence electrons. The average molecular weight is 272 g/mol. The predicted octanol–water partition coefficient (Wildman–Crippen LogP) is -2.16. The Kier molecular flexibility index (Phi) is 3.57. The van der Waals surface area contributed by atoms with Crippen molar-refractivity contribution in [3.8, 4) is 0 Å². The van der Waals surface area contributed by atoms with E-state index in [-0.39, 0.29) is 0 Å². The van der Waals surface area contributed by atoms with Crippen molar-refractivity contribution in [2.75, 3.05) is 0 Å². The summed E-state index contributed by atoms with van der Waals surface area (Å²) in [5, 5.41) is 0. The summed E-state index contributed by atoms with van der Waals surface area (Å²) in [6.07, 6.45) is -8.86. The summed E-state index contributed by atoms with van der Waals surface area (Å²) < 4.78 is 0. The van der Waals surface area contributed by atoms with Crippen molar-refractivity contribution >= 4 is 12.3 Å². The van der Waals surface area contributed by atoms with Crippen molar-refractivity contribution in [3.63, 3.8) is 0 Å². The molecule has 0 spiro atoms. The van der Waals surface area contributed by atoms with Crippen molar-refractivity contribution < 1.29 is 46.3 Å². The predicted molar refractivity (Wildman–Crippen MR) is 29.9 cm³/mol. The van der Waals surface area contributed by atoms with Crippen LogP contribution in [0.4, 0.5) is 0 Å². The van der Waals surface area contributed by atoms with Crippen LogP contribution in [0.3, 0.4) is 0 Å². The van der Waals surface area contributed by atoms with Crippen LogP contribution in [0.5, 0.6) is 0 Å². The van der Waals surface area contributed by atoms with Crippen molar-refractivity contribution in [2.24, 2.45) is 0 Å². The van der Waals surface area contributed by atoms with Gasteiger partial charge in [0.15, 0.2) is 0 Å². The fraction of sp³-hybridized carbons (Fsp3) is 0. The third-order valence-corrected chi connectivity index (χ3v) is 11.3. The molecule has 6 N–H and O–H groups in total. The van der Waals surface area contributed by atoms with E-state index in [4.69, 9.17) is 29.4 Å². The topological polar surface area (TPSA) is 121 Å². The molecule has 9 heteroatoms. The quantitative estimate of drug-likeness (QED) is 0.252. The van der Waals surface area contributed by atoms with E-state index in [1.165, 1.54) is 0 Å². The zero-order valence-corrected chi connectivity index (χ0v) is 7.55. The molecule has 0 saturated carbocycles. The van der Waals surface area contributed by atoms with Gasteiger partial charge in [-0.25, -0.2) is 0 Å². The number of hydrogen-bond donors (Lipinski definition) is 6. The minimum atomic E-state index is -4.43. The average Bonchev–Trinajstić information content (AvgIpc) is 1.14. The Bertz CT molecular complexity index is 76.2.